The van der Waals surface area contributed by atoms with Crippen LogP contribution in [0.3, 0.4) is 0 Å². The van der Waals surface area contributed by atoms with Crippen LogP contribution in [0, 0.1) is 0 Å². The van der Waals surface area contributed by atoms with E-state index in [0.717, 1.165) is 19.3 Å². The molecule has 5 heteroatoms. The maximum atomic E-state index is 5.27. The van der Waals surface area contributed by atoms with Gasteiger partial charge in [0, 0.05) is 6.42 Å². The average molecular weight is 203 g/mol. The van der Waals surface area contributed by atoms with Gasteiger partial charge in [0.2, 0.25) is 5.90 Å². The Hall–Kier alpha value is -0.840. The van der Waals surface area contributed by atoms with Gasteiger partial charge in [0.1, 0.15) is 0 Å². The summed E-state index contributed by atoms with van der Waals surface area (Å²) in [4.78, 5) is 0. The van der Waals surface area contributed by atoms with E-state index in [9.17, 15) is 0 Å². The minimum Gasteiger partial charge on any atom is -0.480 e. The predicted octanol–water partition coefficient (Wildman–Crippen LogP) is 1.36. The first-order chi connectivity index (χ1) is 6.20. The van der Waals surface area contributed by atoms with Gasteiger partial charge in [0.15, 0.2) is 5.11 Å². The van der Waals surface area contributed by atoms with E-state index >= 15 is 0 Å². The monoisotopic (exact) mass is 203 g/mol. The average Bonchev–Trinajstić information content (AvgIpc) is 2.09. The molecule has 0 heterocycles. The van der Waals surface area contributed by atoms with E-state index in [4.69, 9.17) is 10.5 Å². The molecule has 0 aromatic carbocycles. The quantitative estimate of drug-likeness (QED) is 0.306. The number of hydrogen-bond donors (Lipinski definition) is 2. The number of hydrazone groups is 1. The standard InChI is InChI=1S/C8H17N3OS/c1-3-5-6-7(12-4-2)10-11-8(9)13/h3-6H2,1-2H3,(H3,9,11,13)/b10-7+. The topological polar surface area (TPSA) is 59.6 Å². The highest BCUT2D eigenvalue weighted by Gasteiger charge is 1.98. The van der Waals surface area contributed by atoms with Crippen molar-refractivity contribution < 1.29 is 4.74 Å². The normalized spacial score (nSPS) is 11.1. The molecule has 0 bridgehead atoms. The third-order valence-electron chi connectivity index (χ3n) is 1.35. The van der Waals surface area contributed by atoms with E-state index < -0.39 is 0 Å². The Morgan fingerprint density at radius 1 is 1.54 bits per heavy atom. The molecule has 0 aliphatic carbocycles. The van der Waals surface area contributed by atoms with Crippen LogP contribution in [0.4, 0.5) is 0 Å². The number of rotatable bonds is 5. The second-order valence-corrected chi connectivity index (χ2v) is 2.96. The van der Waals surface area contributed by atoms with Gasteiger partial charge in [-0.1, -0.05) is 13.3 Å². The van der Waals surface area contributed by atoms with Crippen molar-refractivity contribution >= 4 is 23.2 Å². The highest BCUT2D eigenvalue weighted by molar-refractivity contribution is 7.80. The molecule has 0 aromatic rings. The van der Waals surface area contributed by atoms with Crippen LogP contribution in [-0.4, -0.2) is 17.6 Å². The number of thiocarbonyl (C=S) groups is 1. The lowest BCUT2D eigenvalue weighted by Gasteiger charge is -2.06. The van der Waals surface area contributed by atoms with Crippen molar-refractivity contribution in [1.82, 2.24) is 5.43 Å². The van der Waals surface area contributed by atoms with Gasteiger partial charge >= 0.3 is 0 Å². The Bertz CT molecular complexity index is 182. The fourth-order valence-corrected chi connectivity index (χ4v) is 0.818. The van der Waals surface area contributed by atoms with Crippen molar-refractivity contribution in [2.24, 2.45) is 10.8 Å². The van der Waals surface area contributed by atoms with Gasteiger partial charge in [-0.15, -0.1) is 5.10 Å². The van der Waals surface area contributed by atoms with Gasteiger partial charge in [-0.3, -0.25) is 5.43 Å². The lowest BCUT2D eigenvalue weighted by molar-refractivity contribution is 0.313. The fourth-order valence-electron chi connectivity index (χ4n) is 0.772. The number of nitrogens with two attached hydrogens (primary N) is 1. The van der Waals surface area contributed by atoms with Gasteiger partial charge in [-0.2, -0.15) is 0 Å². The first-order valence-electron chi connectivity index (χ1n) is 4.45. The molecule has 0 amide bonds. The second-order valence-electron chi connectivity index (χ2n) is 2.52. The number of hydrogen-bond acceptors (Lipinski definition) is 3. The molecule has 0 saturated carbocycles. The first kappa shape index (κ1) is 12.2. The van der Waals surface area contributed by atoms with Crippen molar-refractivity contribution in [3.05, 3.63) is 0 Å². The van der Waals surface area contributed by atoms with Gasteiger partial charge in [0.25, 0.3) is 0 Å². The zero-order chi connectivity index (χ0) is 10.1. The van der Waals surface area contributed by atoms with Crippen LogP contribution in [0.1, 0.15) is 33.1 Å². The van der Waals surface area contributed by atoms with Crippen LogP contribution in [0.5, 0.6) is 0 Å². The third kappa shape index (κ3) is 7.52. The zero-order valence-corrected chi connectivity index (χ0v) is 8.99. The summed E-state index contributed by atoms with van der Waals surface area (Å²) in [6.07, 6.45) is 2.98. The summed E-state index contributed by atoms with van der Waals surface area (Å²) in [5.74, 6) is 0.664. The van der Waals surface area contributed by atoms with E-state index in [1.165, 1.54) is 0 Å². The smallest absolute Gasteiger partial charge is 0.206 e. The molecule has 3 N–H and O–H groups in total. The second kappa shape index (κ2) is 7.79. The molecule has 13 heavy (non-hydrogen) atoms. The lowest BCUT2D eigenvalue weighted by Crippen LogP contribution is -2.26. The highest BCUT2D eigenvalue weighted by Crippen LogP contribution is 1.97. The predicted molar refractivity (Wildman–Crippen MR) is 58.5 cm³/mol. The summed E-state index contributed by atoms with van der Waals surface area (Å²) >= 11 is 4.61. The Kier molecular flexibility index (Phi) is 7.29. The molecule has 76 valence electrons. The van der Waals surface area contributed by atoms with E-state index in [2.05, 4.69) is 29.7 Å². The molecule has 0 aliphatic heterocycles. The lowest BCUT2D eigenvalue weighted by atomic mass is 10.2. The van der Waals surface area contributed by atoms with Gasteiger partial charge in [-0.25, -0.2) is 0 Å². The Labute approximate surface area is 84.5 Å². The van der Waals surface area contributed by atoms with Crippen LogP contribution >= 0.6 is 12.2 Å². The summed E-state index contributed by atoms with van der Waals surface area (Å²) in [7, 11) is 0. The third-order valence-corrected chi connectivity index (χ3v) is 1.44. The molecular formula is C8H17N3OS. The van der Waals surface area contributed by atoms with Crippen molar-refractivity contribution in [3.8, 4) is 0 Å². The van der Waals surface area contributed by atoms with E-state index in [1.54, 1.807) is 0 Å². The molecule has 0 fully saturated rings. The molecule has 0 unspecified atom stereocenters. The summed E-state index contributed by atoms with van der Waals surface area (Å²) in [6.45, 7) is 4.65. The van der Waals surface area contributed by atoms with Gasteiger partial charge in [-0.05, 0) is 25.6 Å². The molecule has 0 aromatic heterocycles. The van der Waals surface area contributed by atoms with Crippen LogP contribution in [0.25, 0.3) is 0 Å². The Balaban J connectivity index is 3.90. The summed E-state index contributed by atoms with van der Waals surface area (Å²) in [5, 5.41) is 4.09. The molecule has 0 atom stereocenters. The summed E-state index contributed by atoms with van der Waals surface area (Å²) in [6, 6.07) is 0. The molecule has 0 spiro atoms. The van der Waals surface area contributed by atoms with Gasteiger partial charge in [0.05, 0.1) is 6.61 Å². The molecule has 0 saturated heterocycles. The zero-order valence-electron chi connectivity index (χ0n) is 8.17. The van der Waals surface area contributed by atoms with Crippen LogP contribution in [0.2, 0.25) is 0 Å². The van der Waals surface area contributed by atoms with Crippen LogP contribution in [0.15, 0.2) is 5.10 Å². The van der Waals surface area contributed by atoms with Crippen molar-refractivity contribution in [1.29, 1.82) is 0 Å². The number of nitrogens with zero attached hydrogens (tertiary/aromatic N) is 1. The van der Waals surface area contributed by atoms with E-state index in [1.807, 2.05) is 6.92 Å². The van der Waals surface area contributed by atoms with Crippen LogP contribution < -0.4 is 11.2 Å². The molecule has 0 aliphatic rings. The van der Waals surface area contributed by atoms with Crippen molar-refractivity contribution in [3.63, 3.8) is 0 Å². The molecule has 0 radical (unpaired) electrons. The maximum Gasteiger partial charge on any atom is 0.206 e. The SMILES string of the molecule is CCCC/C(=N\NC(N)=S)OCC. The van der Waals surface area contributed by atoms with E-state index in [0.29, 0.717) is 12.5 Å². The largest absolute Gasteiger partial charge is 0.480 e. The minimum absolute atomic E-state index is 0.161. The van der Waals surface area contributed by atoms with Crippen molar-refractivity contribution in [2.45, 2.75) is 33.1 Å². The molecule has 0 rings (SSSR count). The molecule has 4 nitrogen and oxygen atoms in total. The van der Waals surface area contributed by atoms with Gasteiger partial charge < -0.3 is 10.5 Å². The van der Waals surface area contributed by atoms with Crippen LogP contribution in [-0.2, 0) is 4.74 Å². The summed E-state index contributed by atoms with van der Waals surface area (Å²) < 4.78 is 5.27. The Morgan fingerprint density at radius 3 is 2.69 bits per heavy atom. The fraction of sp³-hybridized carbons (Fsp3) is 0.750. The number of unbranched alkanes of at least 4 members (excludes halogenated alkanes) is 1. The first-order valence-corrected chi connectivity index (χ1v) is 4.86. The van der Waals surface area contributed by atoms with E-state index in [-0.39, 0.29) is 5.11 Å². The Morgan fingerprint density at radius 2 is 2.23 bits per heavy atom. The van der Waals surface area contributed by atoms with Crippen molar-refractivity contribution in [2.75, 3.05) is 6.61 Å². The number of nitrogens with one attached hydrogen (secondary N) is 1. The highest BCUT2D eigenvalue weighted by atomic mass is 32.1. The minimum atomic E-state index is 0.161. The summed E-state index contributed by atoms with van der Waals surface area (Å²) in [5.41, 5.74) is 7.73. The number of ether oxygens (including phenoxy) is 1. The molecular weight excluding hydrogens is 186 g/mol. The maximum absolute atomic E-state index is 5.27.